The third-order valence-corrected chi connectivity index (χ3v) is 3.01. The molecule has 2 rings (SSSR count). The van der Waals surface area contributed by atoms with Crippen molar-refractivity contribution in [1.82, 2.24) is 4.90 Å². The van der Waals surface area contributed by atoms with Gasteiger partial charge in [-0.25, -0.2) is 4.39 Å². The van der Waals surface area contributed by atoms with Crippen LogP contribution in [0.3, 0.4) is 0 Å². The number of nitrogens with zero attached hydrogens (tertiary/aromatic N) is 1. The fourth-order valence-electron chi connectivity index (χ4n) is 1.62. The lowest BCUT2D eigenvalue weighted by Gasteiger charge is -2.24. The molecule has 0 atom stereocenters. The second-order valence-corrected chi connectivity index (χ2v) is 4.65. The molecule has 0 spiro atoms. The van der Waals surface area contributed by atoms with Gasteiger partial charge in [-0.1, -0.05) is 28.1 Å². The summed E-state index contributed by atoms with van der Waals surface area (Å²) in [7, 11) is 0. The van der Waals surface area contributed by atoms with Gasteiger partial charge in [-0.2, -0.15) is 0 Å². The maximum absolute atomic E-state index is 13.0. The van der Waals surface area contributed by atoms with Crippen molar-refractivity contribution >= 4 is 21.8 Å². The van der Waals surface area contributed by atoms with Crippen LogP contribution < -0.4 is 0 Å². The smallest absolute Gasteiger partial charge is 0.227 e. The van der Waals surface area contributed by atoms with E-state index in [1.165, 1.54) is 11.0 Å². The van der Waals surface area contributed by atoms with Gasteiger partial charge in [0.2, 0.25) is 5.91 Å². The standard InChI is InChI=1S/C12H11BrFNO/c13-10-3-1-9(2-4-10)7-15-8-11(14)5-6-12(15)16/h1-5H,6-8H2. The Morgan fingerprint density at radius 2 is 2.00 bits per heavy atom. The molecule has 0 N–H and O–H groups in total. The molecule has 1 aliphatic heterocycles. The first kappa shape index (κ1) is 11.3. The molecule has 0 bridgehead atoms. The Morgan fingerprint density at radius 3 is 2.69 bits per heavy atom. The van der Waals surface area contributed by atoms with E-state index in [0.717, 1.165) is 10.0 Å². The number of benzene rings is 1. The molecule has 1 amide bonds. The van der Waals surface area contributed by atoms with Crippen LogP contribution in [0.4, 0.5) is 4.39 Å². The van der Waals surface area contributed by atoms with Crippen molar-refractivity contribution in [2.24, 2.45) is 0 Å². The van der Waals surface area contributed by atoms with Crippen LogP contribution >= 0.6 is 15.9 Å². The maximum Gasteiger partial charge on any atom is 0.227 e. The first-order valence-electron chi connectivity index (χ1n) is 5.02. The lowest BCUT2D eigenvalue weighted by molar-refractivity contribution is -0.131. The predicted molar refractivity (Wildman–Crippen MR) is 63.4 cm³/mol. The Morgan fingerprint density at radius 1 is 1.31 bits per heavy atom. The van der Waals surface area contributed by atoms with E-state index in [2.05, 4.69) is 15.9 Å². The third kappa shape index (κ3) is 2.70. The summed E-state index contributed by atoms with van der Waals surface area (Å²) < 4.78 is 14.0. The molecule has 0 unspecified atom stereocenters. The molecule has 1 heterocycles. The minimum absolute atomic E-state index is 0.0238. The Hall–Kier alpha value is -1.16. The summed E-state index contributed by atoms with van der Waals surface area (Å²) in [4.78, 5) is 13.0. The van der Waals surface area contributed by atoms with E-state index in [4.69, 9.17) is 0 Å². The van der Waals surface area contributed by atoms with Crippen molar-refractivity contribution in [3.8, 4) is 0 Å². The van der Waals surface area contributed by atoms with E-state index in [0.29, 0.717) is 6.54 Å². The SMILES string of the molecule is O=C1CC=C(F)CN1Cc1ccc(Br)cc1. The zero-order chi connectivity index (χ0) is 11.5. The molecule has 0 radical (unpaired) electrons. The van der Waals surface area contributed by atoms with Crippen LogP contribution in [0.5, 0.6) is 0 Å². The Labute approximate surface area is 102 Å². The molecule has 0 aromatic heterocycles. The molecule has 4 heteroatoms. The Balaban J connectivity index is 2.07. The van der Waals surface area contributed by atoms with Gasteiger partial charge in [0, 0.05) is 17.4 Å². The molecular formula is C12H11BrFNO. The van der Waals surface area contributed by atoms with E-state index in [1.807, 2.05) is 24.3 Å². The Bertz CT molecular complexity index is 427. The van der Waals surface area contributed by atoms with Crippen molar-refractivity contribution < 1.29 is 9.18 Å². The molecule has 84 valence electrons. The quantitative estimate of drug-likeness (QED) is 0.817. The van der Waals surface area contributed by atoms with Crippen molar-refractivity contribution in [2.75, 3.05) is 6.54 Å². The molecule has 0 saturated carbocycles. The fourth-order valence-corrected chi connectivity index (χ4v) is 1.88. The molecule has 16 heavy (non-hydrogen) atoms. The first-order valence-corrected chi connectivity index (χ1v) is 5.81. The molecule has 0 aliphatic carbocycles. The van der Waals surface area contributed by atoms with Gasteiger partial charge in [-0.05, 0) is 23.8 Å². The number of halogens is 2. The third-order valence-electron chi connectivity index (χ3n) is 2.48. The van der Waals surface area contributed by atoms with Crippen LogP contribution in [0, 0.1) is 0 Å². The van der Waals surface area contributed by atoms with E-state index < -0.39 is 0 Å². The lowest BCUT2D eigenvalue weighted by atomic mass is 10.1. The Kier molecular flexibility index (Phi) is 3.39. The van der Waals surface area contributed by atoms with Crippen LogP contribution in [0.1, 0.15) is 12.0 Å². The average Bonchev–Trinajstić information content (AvgIpc) is 2.27. The van der Waals surface area contributed by atoms with E-state index in [9.17, 15) is 9.18 Å². The minimum atomic E-state index is -0.225. The molecule has 0 saturated heterocycles. The van der Waals surface area contributed by atoms with Gasteiger partial charge in [0.15, 0.2) is 0 Å². The van der Waals surface area contributed by atoms with Gasteiger partial charge < -0.3 is 4.90 Å². The van der Waals surface area contributed by atoms with Gasteiger partial charge in [-0.15, -0.1) is 0 Å². The highest BCUT2D eigenvalue weighted by atomic mass is 79.9. The largest absolute Gasteiger partial charge is 0.331 e. The summed E-state index contributed by atoms with van der Waals surface area (Å²) in [6, 6.07) is 7.67. The van der Waals surface area contributed by atoms with E-state index in [-0.39, 0.29) is 24.7 Å². The summed E-state index contributed by atoms with van der Waals surface area (Å²) >= 11 is 3.34. The van der Waals surface area contributed by atoms with Gasteiger partial charge in [0.1, 0.15) is 5.83 Å². The molecule has 2 nitrogen and oxygen atoms in total. The van der Waals surface area contributed by atoms with Gasteiger partial charge >= 0.3 is 0 Å². The highest BCUT2D eigenvalue weighted by molar-refractivity contribution is 9.10. The van der Waals surface area contributed by atoms with Crippen molar-refractivity contribution in [2.45, 2.75) is 13.0 Å². The van der Waals surface area contributed by atoms with Gasteiger partial charge in [-0.3, -0.25) is 4.79 Å². The zero-order valence-corrected chi connectivity index (χ0v) is 10.2. The number of hydrogen-bond acceptors (Lipinski definition) is 1. The van der Waals surface area contributed by atoms with Crippen LogP contribution in [-0.4, -0.2) is 17.4 Å². The summed E-state index contributed by atoms with van der Waals surface area (Å²) in [5, 5.41) is 0. The summed E-state index contributed by atoms with van der Waals surface area (Å²) in [6.07, 6.45) is 1.52. The van der Waals surface area contributed by atoms with E-state index >= 15 is 0 Å². The normalized spacial score (nSPS) is 16.2. The second kappa shape index (κ2) is 4.78. The van der Waals surface area contributed by atoms with Gasteiger partial charge in [0.25, 0.3) is 0 Å². The second-order valence-electron chi connectivity index (χ2n) is 3.73. The van der Waals surface area contributed by atoms with Crippen molar-refractivity contribution in [3.63, 3.8) is 0 Å². The summed E-state index contributed by atoms with van der Waals surface area (Å²) in [5.74, 6) is -0.249. The number of carbonyl (C=O) groups excluding carboxylic acids is 1. The predicted octanol–water partition coefficient (Wildman–Crippen LogP) is 3.03. The molecular weight excluding hydrogens is 273 g/mol. The highest BCUT2D eigenvalue weighted by Crippen LogP contribution is 2.17. The van der Waals surface area contributed by atoms with E-state index in [1.54, 1.807) is 0 Å². The fraction of sp³-hybridized carbons (Fsp3) is 0.250. The maximum atomic E-state index is 13.0. The minimum Gasteiger partial charge on any atom is -0.331 e. The molecule has 1 aromatic carbocycles. The topological polar surface area (TPSA) is 20.3 Å². The number of carbonyl (C=O) groups is 1. The van der Waals surface area contributed by atoms with Crippen molar-refractivity contribution in [1.29, 1.82) is 0 Å². The molecule has 0 fully saturated rings. The monoisotopic (exact) mass is 283 g/mol. The lowest BCUT2D eigenvalue weighted by Crippen LogP contribution is -2.33. The van der Waals surface area contributed by atoms with Gasteiger partial charge in [0.05, 0.1) is 6.54 Å². The number of amides is 1. The summed E-state index contributed by atoms with van der Waals surface area (Å²) in [5.41, 5.74) is 1.01. The van der Waals surface area contributed by atoms with Crippen LogP contribution in [0.15, 0.2) is 40.6 Å². The number of rotatable bonds is 2. The first-order chi connectivity index (χ1) is 7.65. The summed E-state index contributed by atoms with van der Waals surface area (Å²) in [6.45, 7) is 0.558. The average molecular weight is 284 g/mol. The van der Waals surface area contributed by atoms with Crippen LogP contribution in [-0.2, 0) is 11.3 Å². The highest BCUT2D eigenvalue weighted by Gasteiger charge is 2.19. The number of hydrogen-bond donors (Lipinski definition) is 0. The van der Waals surface area contributed by atoms with Crippen LogP contribution in [0.2, 0.25) is 0 Å². The molecule has 1 aliphatic rings. The van der Waals surface area contributed by atoms with Crippen molar-refractivity contribution in [3.05, 3.63) is 46.2 Å². The zero-order valence-electron chi connectivity index (χ0n) is 8.62. The molecule has 1 aromatic rings. The van der Waals surface area contributed by atoms with Crippen LogP contribution in [0.25, 0.3) is 0 Å².